The van der Waals surface area contributed by atoms with Gasteiger partial charge in [0.05, 0.1) is 16.0 Å². The molecule has 244 valence electrons. The van der Waals surface area contributed by atoms with Crippen molar-refractivity contribution in [2.24, 2.45) is 11.8 Å². The third-order valence-corrected chi connectivity index (χ3v) is 9.80. The number of nitrogens with zero attached hydrogens (tertiary/aromatic N) is 1. The van der Waals surface area contributed by atoms with E-state index in [2.05, 4.69) is 10.0 Å². The molecule has 0 radical (unpaired) electrons. The molecule has 13 heteroatoms. The fourth-order valence-electron chi connectivity index (χ4n) is 5.86. The van der Waals surface area contributed by atoms with Crippen LogP contribution in [0.4, 0.5) is 13.2 Å². The number of halogens is 3. The van der Waals surface area contributed by atoms with Gasteiger partial charge in [-0.2, -0.15) is 22.8 Å². The molecule has 1 saturated heterocycles. The predicted molar refractivity (Wildman–Crippen MR) is 157 cm³/mol. The third kappa shape index (κ3) is 9.50. The summed E-state index contributed by atoms with van der Waals surface area (Å²) in [5.74, 6) is 0.411. The minimum atomic E-state index is -4.91. The van der Waals surface area contributed by atoms with Crippen molar-refractivity contribution in [3.8, 4) is 11.3 Å². The lowest BCUT2D eigenvalue weighted by Gasteiger charge is -2.25. The fraction of sp³-hybridized carbons (Fsp3) is 0.613. The highest BCUT2D eigenvalue weighted by atomic mass is 32.2. The second-order valence-electron chi connectivity index (χ2n) is 12.6. The highest BCUT2D eigenvalue weighted by Gasteiger charge is 2.39. The quantitative estimate of drug-likeness (QED) is 0.381. The zero-order chi connectivity index (χ0) is 32.7. The van der Waals surface area contributed by atoms with Gasteiger partial charge in [-0.3, -0.25) is 4.79 Å². The molecule has 1 aliphatic heterocycles. The van der Waals surface area contributed by atoms with Crippen LogP contribution in [0.3, 0.4) is 0 Å². The van der Waals surface area contributed by atoms with E-state index >= 15 is 0 Å². The second-order valence-corrected chi connectivity index (χ2v) is 14.2. The first kappa shape index (κ1) is 35.5. The summed E-state index contributed by atoms with van der Waals surface area (Å²) >= 11 is 0. The molecule has 1 aromatic carbocycles. The number of carbonyl (C=O) groups excluding carboxylic acids is 3. The Balaban J connectivity index is 0.00000169. The highest BCUT2D eigenvalue weighted by molar-refractivity contribution is 7.89. The third-order valence-electron chi connectivity index (χ3n) is 7.98. The first-order chi connectivity index (χ1) is 20.6. The molecule has 4 rings (SSSR count). The van der Waals surface area contributed by atoms with E-state index in [4.69, 9.17) is 14.3 Å². The van der Waals surface area contributed by atoms with Crippen molar-refractivity contribution in [1.82, 2.24) is 14.6 Å². The Kier molecular flexibility index (Phi) is 12.0. The molecule has 0 atom stereocenters. The SMILES string of the molecule is Cc1c(C(=O)NCC2CCOCC2)cc(-c2ccc(S(=O)(=O)NC(C)(C)C)c(C(F)(F)F)c2)n1CC1CCCCC1.O=C=O. The van der Waals surface area contributed by atoms with Gasteiger partial charge in [-0.15, -0.1) is 0 Å². The van der Waals surface area contributed by atoms with E-state index in [1.165, 1.54) is 12.5 Å². The molecular weight excluding hydrogens is 599 g/mol. The van der Waals surface area contributed by atoms with Crippen molar-refractivity contribution < 1.29 is 40.7 Å². The molecule has 0 unspecified atom stereocenters. The van der Waals surface area contributed by atoms with Gasteiger partial charge < -0.3 is 14.6 Å². The van der Waals surface area contributed by atoms with E-state index in [0.29, 0.717) is 55.1 Å². The van der Waals surface area contributed by atoms with E-state index < -0.39 is 32.2 Å². The van der Waals surface area contributed by atoms with Crippen molar-refractivity contribution in [1.29, 1.82) is 0 Å². The molecule has 2 fully saturated rings. The Labute approximate surface area is 257 Å². The smallest absolute Gasteiger partial charge is 0.381 e. The number of ether oxygens (including phenoxy) is 1. The number of carbonyl (C=O) groups is 1. The Hall–Kier alpha value is -2.99. The summed E-state index contributed by atoms with van der Waals surface area (Å²) in [5.41, 5.74) is -0.395. The van der Waals surface area contributed by atoms with Gasteiger partial charge in [0.15, 0.2) is 0 Å². The molecule has 9 nitrogen and oxygen atoms in total. The number of rotatable bonds is 8. The highest BCUT2D eigenvalue weighted by Crippen LogP contribution is 2.39. The number of hydrogen-bond donors (Lipinski definition) is 2. The van der Waals surface area contributed by atoms with Gasteiger partial charge in [-0.1, -0.05) is 25.3 Å². The maximum atomic E-state index is 14.3. The number of benzene rings is 1. The maximum Gasteiger partial charge on any atom is 0.417 e. The monoisotopic (exact) mass is 641 g/mol. The van der Waals surface area contributed by atoms with Crippen LogP contribution >= 0.6 is 0 Å². The van der Waals surface area contributed by atoms with E-state index in [9.17, 15) is 26.4 Å². The van der Waals surface area contributed by atoms with Crippen LogP contribution in [-0.2, 0) is 37.1 Å². The molecule has 1 amide bonds. The van der Waals surface area contributed by atoms with E-state index in [1.807, 2.05) is 11.5 Å². The first-order valence-electron chi connectivity index (χ1n) is 14.9. The molecule has 2 N–H and O–H groups in total. The molecule has 1 saturated carbocycles. The molecule has 1 aliphatic carbocycles. The Morgan fingerprint density at radius 3 is 2.18 bits per heavy atom. The summed E-state index contributed by atoms with van der Waals surface area (Å²) in [6, 6.07) is 4.97. The van der Waals surface area contributed by atoms with E-state index in [1.54, 1.807) is 26.8 Å². The van der Waals surface area contributed by atoms with Crippen LogP contribution in [0.25, 0.3) is 11.3 Å². The number of aromatic nitrogens is 1. The molecule has 2 heterocycles. The van der Waals surface area contributed by atoms with Crippen LogP contribution in [0.1, 0.15) is 87.3 Å². The summed E-state index contributed by atoms with van der Waals surface area (Å²) in [6.07, 6.45) is 2.49. The summed E-state index contributed by atoms with van der Waals surface area (Å²) < 4.78 is 78.5. The van der Waals surface area contributed by atoms with E-state index in [0.717, 1.165) is 50.7 Å². The topological polar surface area (TPSA) is 124 Å². The Bertz CT molecular complexity index is 1430. The number of alkyl halides is 3. The van der Waals surface area contributed by atoms with Gasteiger partial charge in [-0.05, 0) is 89.0 Å². The molecular formula is C31H42F3N3O6S. The van der Waals surface area contributed by atoms with Crippen molar-refractivity contribution in [2.75, 3.05) is 19.8 Å². The van der Waals surface area contributed by atoms with Gasteiger partial charge in [0.2, 0.25) is 10.0 Å². The Morgan fingerprint density at radius 1 is 1.00 bits per heavy atom. The van der Waals surface area contributed by atoms with Crippen LogP contribution in [0, 0.1) is 18.8 Å². The normalized spacial score (nSPS) is 17.0. The zero-order valence-corrected chi connectivity index (χ0v) is 26.5. The lowest BCUT2D eigenvalue weighted by molar-refractivity contribution is -0.191. The van der Waals surface area contributed by atoms with Gasteiger partial charge in [0, 0.05) is 43.2 Å². The Morgan fingerprint density at radius 2 is 1.61 bits per heavy atom. The van der Waals surface area contributed by atoms with Gasteiger partial charge in [-0.25, -0.2) is 13.1 Å². The average molecular weight is 642 g/mol. The molecule has 1 aromatic heterocycles. The maximum absolute atomic E-state index is 14.3. The summed E-state index contributed by atoms with van der Waals surface area (Å²) in [5, 5.41) is 3.02. The lowest BCUT2D eigenvalue weighted by Crippen LogP contribution is -2.41. The molecule has 2 aromatic rings. The zero-order valence-electron chi connectivity index (χ0n) is 25.7. The second kappa shape index (κ2) is 14.9. The van der Waals surface area contributed by atoms with Gasteiger partial charge in [0.1, 0.15) is 0 Å². The van der Waals surface area contributed by atoms with Crippen LogP contribution in [0.15, 0.2) is 29.2 Å². The van der Waals surface area contributed by atoms with E-state index in [-0.39, 0.29) is 17.6 Å². The average Bonchev–Trinajstić information content (AvgIpc) is 3.27. The van der Waals surface area contributed by atoms with Crippen molar-refractivity contribution in [3.05, 3.63) is 41.1 Å². The number of sulfonamides is 1. The fourth-order valence-corrected chi connectivity index (χ4v) is 7.49. The summed E-state index contributed by atoms with van der Waals surface area (Å²) in [7, 11) is -4.45. The van der Waals surface area contributed by atoms with Gasteiger partial charge in [0.25, 0.3) is 5.91 Å². The van der Waals surface area contributed by atoms with Crippen molar-refractivity contribution in [3.63, 3.8) is 0 Å². The number of amides is 1. The lowest BCUT2D eigenvalue weighted by atomic mass is 9.89. The summed E-state index contributed by atoms with van der Waals surface area (Å²) in [6.45, 7) is 8.97. The van der Waals surface area contributed by atoms with Crippen molar-refractivity contribution >= 4 is 22.1 Å². The number of nitrogens with one attached hydrogen (secondary N) is 2. The largest absolute Gasteiger partial charge is 0.417 e. The van der Waals surface area contributed by atoms with Gasteiger partial charge >= 0.3 is 12.3 Å². The molecule has 2 aliphatic rings. The predicted octanol–water partition coefficient (Wildman–Crippen LogP) is 5.71. The standard InChI is InChI=1S/C30H42F3N3O4S.CO2/c1-20-24(28(37)34-18-21-12-14-40-15-13-21)17-26(36(20)19-22-8-6-5-7-9-22)23-10-11-27(25(16-23)30(31,32)33)41(38,39)35-29(2,3)4;2-1-3/h10-11,16-17,21-22,35H,5-9,12-15,18-19H2,1-4H3,(H,34,37);. The van der Waals surface area contributed by atoms with Crippen LogP contribution in [-0.4, -0.2) is 50.3 Å². The number of hydrogen-bond acceptors (Lipinski definition) is 6. The van der Waals surface area contributed by atoms with Crippen LogP contribution in [0.5, 0.6) is 0 Å². The molecule has 0 bridgehead atoms. The first-order valence-corrected chi connectivity index (χ1v) is 16.4. The summed E-state index contributed by atoms with van der Waals surface area (Å²) in [4.78, 5) is 28.7. The van der Waals surface area contributed by atoms with Crippen molar-refractivity contribution in [2.45, 2.75) is 95.8 Å². The minimum absolute atomic E-state index is 0.217. The van der Waals surface area contributed by atoms with Crippen LogP contribution in [0.2, 0.25) is 0 Å². The molecule has 44 heavy (non-hydrogen) atoms. The minimum Gasteiger partial charge on any atom is -0.381 e. The van der Waals surface area contributed by atoms with Crippen LogP contribution < -0.4 is 10.0 Å². The molecule has 0 spiro atoms.